The quantitative estimate of drug-likeness (QED) is 0.719. The second kappa shape index (κ2) is 4.75. The minimum Gasteiger partial charge on any atom is -0.390 e. The Morgan fingerprint density at radius 3 is 2.57 bits per heavy atom. The van der Waals surface area contributed by atoms with Crippen LogP contribution in [0.5, 0.6) is 0 Å². The van der Waals surface area contributed by atoms with Crippen LogP contribution in [0, 0.1) is 0 Å². The van der Waals surface area contributed by atoms with E-state index in [2.05, 4.69) is 0 Å². The van der Waals surface area contributed by atoms with E-state index < -0.39 is 5.60 Å². The summed E-state index contributed by atoms with van der Waals surface area (Å²) in [6.07, 6.45) is 1.79. The van der Waals surface area contributed by atoms with Crippen molar-refractivity contribution in [2.45, 2.75) is 31.8 Å². The minimum absolute atomic E-state index is 0.127. The first-order valence-corrected chi connectivity index (χ1v) is 5.04. The van der Waals surface area contributed by atoms with E-state index >= 15 is 0 Å². The lowest BCUT2D eigenvalue weighted by Gasteiger charge is -2.35. The number of carbonyl (C=O) groups is 1. The van der Waals surface area contributed by atoms with Crippen molar-refractivity contribution in [2.75, 3.05) is 26.8 Å². The summed E-state index contributed by atoms with van der Waals surface area (Å²) in [4.78, 5) is 13.3. The zero-order valence-electron chi connectivity index (χ0n) is 8.95. The third kappa shape index (κ3) is 3.27. The van der Waals surface area contributed by atoms with Gasteiger partial charge in [-0.1, -0.05) is 0 Å². The van der Waals surface area contributed by atoms with Crippen molar-refractivity contribution in [2.24, 2.45) is 0 Å². The van der Waals surface area contributed by atoms with Gasteiger partial charge in [-0.15, -0.1) is 0 Å². The molecule has 0 spiro atoms. The number of aliphatic hydroxyl groups is 1. The lowest BCUT2D eigenvalue weighted by Crippen LogP contribution is -2.45. The molecule has 0 unspecified atom stereocenters. The molecule has 4 nitrogen and oxygen atoms in total. The average molecular weight is 201 g/mol. The van der Waals surface area contributed by atoms with Gasteiger partial charge in [-0.3, -0.25) is 4.79 Å². The van der Waals surface area contributed by atoms with E-state index in [0.717, 1.165) is 0 Å². The van der Waals surface area contributed by atoms with Crippen molar-refractivity contribution in [3.63, 3.8) is 0 Å². The highest BCUT2D eigenvalue weighted by atomic mass is 16.5. The number of carbonyl (C=O) groups excluding carboxylic acids is 1. The molecule has 14 heavy (non-hydrogen) atoms. The molecule has 0 bridgehead atoms. The fourth-order valence-corrected chi connectivity index (χ4v) is 1.59. The van der Waals surface area contributed by atoms with Crippen LogP contribution >= 0.6 is 0 Å². The van der Waals surface area contributed by atoms with Crippen LogP contribution in [0.4, 0.5) is 0 Å². The van der Waals surface area contributed by atoms with Gasteiger partial charge in [0, 0.05) is 20.2 Å². The molecule has 0 radical (unpaired) electrons. The zero-order valence-corrected chi connectivity index (χ0v) is 8.95. The highest BCUT2D eigenvalue weighted by Crippen LogP contribution is 2.21. The van der Waals surface area contributed by atoms with E-state index in [1.807, 2.05) is 6.92 Å². The van der Waals surface area contributed by atoms with Gasteiger partial charge in [0.05, 0.1) is 18.6 Å². The Morgan fingerprint density at radius 2 is 2.07 bits per heavy atom. The third-order valence-electron chi connectivity index (χ3n) is 2.71. The highest BCUT2D eigenvalue weighted by molar-refractivity contribution is 5.76. The molecule has 1 N–H and O–H groups in total. The maximum absolute atomic E-state index is 11.5. The van der Waals surface area contributed by atoms with E-state index in [9.17, 15) is 9.90 Å². The molecule has 0 aromatic rings. The summed E-state index contributed by atoms with van der Waals surface area (Å²) in [7, 11) is 1.59. The van der Waals surface area contributed by atoms with E-state index in [1.165, 1.54) is 0 Å². The van der Waals surface area contributed by atoms with Crippen molar-refractivity contribution < 1.29 is 14.6 Å². The van der Waals surface area contributed by atoms with Gasteiger partial charge in [0.2, 0.25) is 5.91 Å². The Bertz CT molecular complexity index is 194. The number of ether oxygens (including phenoxy) is 1. The van der Waals surface area contributed by atoms with Crippen LogP contribution in [-0.4, -0.2) is 48.3 Å². The van der Waals surface area contributed by atoms with Gasteiger partial charge in [-0.2, -0.15) is 0 Å². The normalized spacial score (nSPS) is 20.9. The van der Waals surface area contributed by atoms with E-state index in [4.69, 9.17) is 4.74 Å². The zero-order chi connectivity index (χ0) is 10.6. The molecule has 1 amide bonds. The van der Waals surface area contributed by atoms with E-state index in [1.54, 1.807) is 12.0 Å². The number of piperidine rings is 1. The maximum Gasteiger partial charge on any atom is 0.224 e. The van der Waals surface area contributed by atoms with Gasteiger partial charge in [0.25, 0.3) is 0 Å². The predicted octanol–water partition coefficient (Wildman–Crippen LogP) is 0.396. The van der Waals surface area contributed by atoms with Crippen LogP contribution < -0.4 is 0 Å². The van der Waals surface area contributed by atoms with Gasteiger partial charge >= 0.3 is 0 Å². The Balaban J connectivity index is 2.30. The van der Waals surface area contributed by atoms with Crippen LogP contribution in [0.1, 0.15) is 26.2 Å². The SMILES string of the molecule is COCCC(=O)N1CCC(C)(O)CC1. The number of hydrogen-bond donors (Lipinski definition) is 1. The smallest absolute Gasteiger partial charge is 0.224 e. The summed E-state index contributed by atoms with van der Waals surface area (Å²) in [5.41, 5.74) is -0.585. The first kappa shape index (κ1) is 11.5. The largest absolute Gasteiger partial charge is 0.390 e. The van der Waals surface area contributed by atoms with E-state index in [-0.39, 0.29) is 5.91 Å². The molecule has 0 atom stereocenters. The second-order valence-corrected chi connectivity index (χ2v) is 4.12. The number of likely N-dealkylation sites (tertiary alicyclic amines) is 1. The summed E-state index contributed by atoms with van der Waals surface area (Å²) in [6, 6.07) is 0. The summed E-state index contributed by atoms with van der Waals surface area (Å²) in [5, 5.41) is 9.69. The Kier molecular flexibility index (Phi) is 3.89. The van der Waals surface area contributed by atoms with Crippen molar-refractivity contribution in [1.29, 1.82) is 0 Å². The monoisotopic (exact) mass is 201 g/mol. The molecule has 1 aliphatic heterocycles. The van der Waals surface area contributed by atoms with Crippen molar-refractivity contribution >= 4 is 5.91 Å². The van der Waals surface area contributed by atoms with Gasteiger partial charge < -0.3 is 14.7 Å². The molecular weight excluding hydrogens is 182 g/mol. The number of amides is 1. The summed E-state index contributed by atoms with van der Waals surface area (Å²) >= 11 is 0. The summed E-state index contributed by atoms with van der Waals surface area (Å²) in [5.74, 6) is 0.127. The second-order valence-electron chi connectivity index (χ2n) is 4.12. The third-order valence-corrected chi connectivity index (χ3v) is 2.71. The van der Waals surface area contributed by atoms with Gasteiger partial charge in [-0.25, -0.2) is 0 Å². The highest BCUT2D eigenvalue weighted by Gasteiger charge is 2.29. The fraction of sp³-hybridized carbons (Fsp3) is 0.900. The fourth-order valence-electron chi connectivity index (χ4n) is 1.59. The minimum atomic E-state index is -0.585. The van der Waals surface area contributed by atoms with Crippen LogP contribution in [-0.2, 0) is 9.53 Å². The first-order chi connectivity index (χ1) is 6.55. The Labute approximate surface area is 84.8 Å². The topological polar surface area (TPSA) is 49.8 Å². The molecule has 0 aliphatic carbocycles. The van der Waals surface area contributed by atoms with Crippen LogP contribution in [0.25, 0.3) is 0 Å². The Hall–Kier alpha value is -0.610. The molecule has 1 heterocycles. The lowest BCUT2D eigenvalue weighted by molar-refractivity contribution is -0.135. The number of methoxy groups -OCH3 is 1. The van der Waals surface area contributed by atoms with Gasteiger partial charge in [-0.05, 0) is 19.8 Å². The molecule has 4 heteroatoms. The van der Waals surface area contributed by atoms with Crippen molar-refractivity contribution in [3.05, 3.63) is 0 Å². The Morgan fingerprint density at radius 1 is 1.50 bits per heavy atom. The predicted molar refractivity (Wildman–Crippen MR) is 52.9 cm³/mol. The standard InChI is InChI=1S/C10H19NO3/c1-10(13)4-6-11(7-5-10)9(12)3-8-14-2/h13H,3-8H2,1-2H3. The summed E-state index contributed by atoms with van der Waals surface area (Å²) < 4.78 is 4.85. The number of rotatable bonds is 3. The molecule has 0 saturated carbocycles. The van der Waals surface area contributed by atoms with Gasteiger partial charge in [0.1, 0.15) is 0 Å². The molecule has 1 rings (SSSR count). The summed E-state index contributed by atoms with van der Waals surface area (Å²) in [6.45, 7) is 3.63. The molecular formula is C10H19NO3. The maximum atomic E-state index is 11.5. The van der Waals surface area contributed by atoms with Crippen LogP contribution in [0.15, 0.2) is 0 Å². The molecule has 0 aromatic carbocycles. The van der Waals surface area contributed by atoms with Crippen LogP contribution in [0.2, 0.25) is 0 Å². The molecule has 1 saturated heterocycles. The number of nitrogens with zero attached hydrogens (tertiary/aromatic N) is 1. The van der Waals surface area contributed by atoms with E-state index in [0.29, 0.717) is 39.0 Å². The average Bonchev–Trinajstić information content (AvgIpc) is 2.14. The lowest BCUT2D eigenvalue weighted by atomic mass is 9.94. The first-order valence-electron chi connectivity index (χ1n) is 5.04. The van der Waals surface area contributed by atoms with Crippen molar-refractivity contribution in [3.8, 4) is 0 Å². The number of hydrogen-bond acceptors (Lipinski definition) is 3. The molecule has 0 aromatic heterocycles. The van der Waals surface area contributed by atoms with Crippen LogP contribution in [0.3, 0.4) is 0 Å². The molecule has 1 fully saturated rings. The van der Waals surface area contributed by atoms with Crippen molar-refractivity contribution in [1.82, 2.24) is 4.90 Å². The van der Waals surface area contributed by atoms with Gasteiger partial charge in [0.15, 0.2) is 0 Å². The molecule has 1 aliphatic rings. The molecule has 82 valence electrons.